The molecule has 0 bridgehead atoms. The van der Waals surface area contributed by atoms with Gasteiger partial charge in [0.25, 0.3) is 0 Å². The van der Waals surface area contributed by atoms with E-state index in [4.69, 9.17) is 8.83 Å². The summed E-state index contributed by atoms with van der Waals surface area (Å²) < 4.78 is 13.6. The maximum absolute atomic E-state index is 7.17. The zero-order valence-corrected chi connectivity index (χ0v) is 32.0. The molecule has 0 atom stereocenters. The molecule has 0 amide bonds. The van der Waals surface area contributed by atoms with Gasteiger partial charge in [-0.1, -0.05) is 152 Å². The molecule has 0 radical (unpaired) electrons. The van der Waals surface area contributed by atoms with E-state index in [1.807, 2.05) is 18.2 Å². The van der Waals surface area contributed by atoms with Crippen molar-refractivity contribution in [1.82, 2.24) is 0 Å². The normalized spacial score (nSPS) is 11.7. The molecular weight excluding hydrogens is 719 g/mol. The van der Waals surface area contributed by atoms with Crippen LogP contribution in [0, 0.1) is 0 Å². The van der Waals surface area contributed by atoms with E-state index in [1.165, 1.54) is 38.4 Å². The molecule has 0 aliphatic carbocycles. The van der Waals surface area contributed by atoms with Gasteiger partial charge >= 0.3 is 0 Å². The molecule has 59 heavy (non-hydrogen) atoms. The molecule has 0 unspecified atom stereocenters. The van der Waals surface area contributed by atoms with E-state index in [0.717, 1.165) is 77.5 Å². The molecule has 0 N–H and O–H groups in total. The summed E-state index contributed by atoms with van der Waals surface area (Å²) in [6.45, 7) is 0. The van der Waals surface area contributed by atoms with Crippen molar-refractivity contribution < 1.29 is 8.83 Å². The molecule has 10 aromatic carbocycles. The van der Waals surface area contributed by atoms with E-state index >= 15 is 0 Å². The summed E-state index contributed by atoms with van der Waals surface area (Å²) in [6.07, 6.45) is 0. The molecule has 3 heteroatoms. The summed E-state index contributed by atoms with van der Waals surface area (Å²) in [5.74, 6) is 0. The van der Waals surface area contributed by atoms with Gasteiger partial charge in [0.15, 0.2) is 0 Å². The van der Waals surface area contributed by atoms with E-state index in [1.54, 1.807) is 0 Å². The fraction of sp³-hybridized carbons (Fsp3) is 0. The van der Waals surface area contributed by atoms with Crippen LogP contribution >= 0.6 is 0 Å². The highest BCUT2D eigenvalue weighted by Gasteiger charge is 2.26. The molecule has 12 rings (SSSR count). The minimum atomic E-state index is 0.827. The van der Waals surface area contributed by atoms with Crippen LogP contribution in [0.4, 0.5) is 17.1 Å². The van der Waals surface area contributed by atoms with Gasteiger partial charge in [-0.05, 0) is 110 Å². The Bertz CT molecular complexity index is 3440. The average molecular weight is 754 g/mol. The maximum Gasteiger partial charge on any atom is 0.145 e. The Morgan fingerprint density at radius 1 is 0.322 bits per heavy atom. The molecule has 12 aromatic rings. The van der Waals surface area contributed by atoms with E-state index in [0.29, 0.717) is 0 Å². The number of nitrogens with zero attached hydrogens (tertiary/aromatic N) is 1. The third-order valence-electron chi connectivity index (χ3n) is 11.9. The predicted molar refractivity (Wildman–Crippen MR) is 247 cm³/mol. The fourth-order valence-electron chi connectivity index (χ4n) is 9.14. The van der Waals surface area contributed by atoms with E-state index < -0.39 is 0 Å². The Morgan fingerprint density at radius 2 is 0.831 bits per heavy atom. The smallest absolute Gasteiger partial charge is 0.145 e. The number of para-hydroxylation sites is 1. The number of anilines is 3. The lowest BCUT2D eigenvalue weighted by Crippen LogP contribution is -2.11. The summed E-state index contributed by atoms with van der Waals surface area (Å²) in [7, 11) is 0. The maximum atomic E-state index is 7.17. The lowest BCUT2D eigenvalue weighted by atomic mass is 9.90. The van der Waals surface area contributed by atoms with Gasteiger partial charge in [0.1, 0.15) is 22.3 Å². The van der Waals surface area contributed by atoms with Crippen molar-refractivity contribution in [3.63, 3.8) is 0 Å². The van der Waals surface area contributed by atoms with E-state index in [9.17, 15) is 0 Å². The molecule has 0 aliphatic heterocycles. The van der Waals surface area contributed by atoms with Gasteiger partial charge in [-0.3, -0.25) is 0 Å². The van der Waals surface area contributed by atoms with Crippen molar-refractivity contribution in [3.8, 4) is 33.4 Å². The second-order valence-electron chi connectivity index (χ2n) is 15.2. The second kappa shape index (κ2) is 13.4. The predicted octanol–water partition coefficient (Wildman–Crippen LogP) is 16.3. The Balaban J connectivity index is 1.18. The number of hydrogen-bond acceptors (Lipinski definition) is 3. The Hall–Kier alpha value is -7.88. The lowest BCUT2D eigenvalue weighted by Gasteiger charge is -2.29. The van der Waals surface area contributed by atoms with Crippen LogP contribution in [0.3, 0.4) is 0 Å². The van der Waals surface area contributed by atoms with Gasteiger partial charge in [0.2, 0.25) is 0 Å². The Labute approximate surface area is 340 Å². The standard InChI is InChI=1S/C56H35NO2/c1-3-13-36(14-4-1)38-23-27-41(28-24-38)57(42-29-25-39(26-30-42)37-15-5-2-6-16-37)49-32-31-47-55-52(34-33-51-54(55)46-21-11-12-22-50(46)58-51)59-56(47)53(49)48-35-40-17-7-8-18-43(40)44-19-9-10-20-45(44)48/h1-35H. The largest absolute Gasteiger partial charge is 0.456 e. The molecule has 2 aromatic heterocycles. The van der Waals surface area contributed by atoms with E-state index in [2.05, 4.69) is 199 Å². The molecule has 0 fully saturated rings. The van der Waals surface area contributed by atoms with Crippen LogP contribution in [0.25, 0.3) is 98.8 Å². The molecule has 276 valence electrons. The zero-order chi connectivity index (χ0) is 38.9. The molecule has 0 spiro atoms. The first-order chi connectivity index (χ1) is 29.3. The minimum Gasteiger partial charge on any atom is -0.456 e. The summed E-state index contributed by atoms with van der Waals surface area (Å²) >= 11 is 0. The first kappa shape index (κ1) is 33.3. The van der Waals surface area contributed by atoms with Crippen LogP contribution in [-0.2, 0) is 0 Å². The van der Waals surface area contributed by atoms with Crippen molar-refractivity contribution in [3.05, 3.63) is 212 Å². The summed E-state index contributed by atoms with van der Waals surface area (Å²) in [4.78, 5) is 2.39. The average Bonchev–Trinajstić information content (AvgIpc) is 3.88. The number of furan rings is 2. The summed E-state index contributed by atoms with van der Waals surface area (Å²) in [5.41, 5.74) is 13.3. The molecule has 2 heterocycles. The van der Waals surface area contributed by atoms with Gasteiger partial charge in [0.05, 0.1) is 5.69 Å². The first-order valence-electron chi connectivity index (χ1n) is 20.1. The molecular formula is C56H35NO2. The summed E-state index contributed by atoms with van der Waals surface area (Å²) in [6, 6.07) is 75.7. The van der Waals surface area contributed by atoms with Crippen molar-refractivity contribution in [2.45, 2.75) is 0 Å². The van der Waals surface area contributed by atoms with Crippen LogP contribution < -0.4 is 4.90 Å². The van der Waals surface area contributed by atoms with Crippen LogP contribution in [0.15, 0.2) is 221 Å². The number of benzene rings is 10. The highest BCUT2D eigenvalue weighted by Crippen LogP contribution is 2.51. The lowest BCUT2D eigenvalue weighted by molar-refractivity contribution is 0.663. The van der Waals surface area contributed by atoms with Gasteiger partial charge in [-0.25, -0.2) is 0 Å². The Kier molecular flexibility index (Phi) is 7.54. The van der Waals surface area contributed by atoms with Crippen molar-refractivity contribution in [1.29, 1.82) is 0 Å². The van der Waals surface area contributed by atoms with Crippen molar-refractivity contribution in [2.75, 3.05) is 4.90 Å². The van der Waals surface area contributed by atoms with Crippen molar-refractivity contribution in [2.24, 2.45) is 0 Å². The van der Waals surface area contributed by atoms with Gasteiger partial charge < -0.3 is 13.7 Å². The summed E-state index contributed by atoms with van der Waals surface area (Å²) in [5, 5.41) is 9.03. The van der Waals surface area contributed by atoms with Crippen molar-refractivity contribution >= 4 is 82.5 Å². The SMILES string of the molecule is c1ccc(-c2ccc(N(c3ccc(-c4ccccc4)cc3)c3ccc4c(oc5ccc6oc7ccccc7c6c54)c3-c3cc4ccccc4c4ccccc34)cc2)cc1. The van der Waals surface area contributed by atoms with Crippen LogP contribution in [0.2, 0.25) is 0 Å². The highest BCUT2D eigenvalue weighted by molar-refractivity contribution is 6.28. The van der Waals surface area contributed by atoms with Gasteiger partial charge in [-0.15, -0.1) is 0 Å². The van der Waals surface area contributed by atoms with E-state index in [-0.39, 0.29) is 0 Å². The van der Waals surface area contributed by atoms with Crippen LogP contribution in [0.5, 0.6) is 0 Å². The molecule has 3 nitrogen and oxygen atoms in total. The quantitative estimate of drug-likeness (QED) is 0.158. The number of rotatable bonds is 6. The molecule has 0 saturated carbocycles. The van der Waals surface area contributed by atoms with Crippen LogP contribution in [-0.4, -0.2) is 0 Å². The zero-order valence-electron chi connectivity index (χ0n) is 32.0. The molecule has 0 saturated heterocycles. The monoisotopic (exact) mass is 753 g/mol. The third kappa shape index (κ3) is 5.36. The molecule has 0 aliphatic rings. The van der Waals surface area contributed by atoms with Gasteiger partial charge in [-0.2, -0.15) is 0 Å². The fourth-order valence-corrected chi connectivity index (χ4v) is 9.14. The second-order valence-corrected chi connectivity index (χ2v) is 15.2. The third-order valence-corrected chi connectivity index (χ3v) is 11.9. The first-order valence-corrected chi connectivity index (χ1v) is 20.1. The number of fused-ring (bicyclic) bond motifs is 10. The van der Waals surface area contributed by atoms with Gasteiger partial charge in [0, 0.05) is 38.5 Å². The topological polar surface area (TPSA) is 29.5 Å². The minimum absolute atomic E-state index is 0.827. The number of hydrogen-bond donors (Lipinski definition) is 0. The Morgan fingerprint density at radius 3 is 1.49 bits per heavy atom. The highest BCUT2D eigenvalue weighted by atomic mass is 16.3. The van der Waals surface area contributed by atoms with Crippen LogP contribution in [0.1, 0.15) is 0 Å².